The van der Waals surface area contributed by atoms with E-state index in [1.807, 2.05) is 42.5 Å². The van der Waals surface area contributed by atoms with Gasteiger partial charge in [0, 0.05) is 92.9 Å². The summed E-state index contributed by atoms with van der Waals surface area (Å²) in [6, 6.07) is 20.2. The van der Waals surface area contributed by atoms with E-state index in [1.54, 1.807) is 31.1 Å². The first-order chi connectivity index (χ1) is 22.0. The van der Waals surface area contributed by atoms with Crippen LogP contribution in [0.5, 0.6) is 0 Å². The molecule has 0 unspecified atom stereocenters. The van der Waals surface area contributed by atoms with Crippen molar-refractivity contribution in [3.05, 3.63) is 78.6 Å². The molecule has 45 heavy (non-hydrogen) atoms. The van der Waals surface area contributed by atoms with Gasteiger partial charge in [-0.3, -0.25) is 9.36 Å². The molecule has 4 aromatic rings. The lowest BCUT2D eigenvalue weighted by Crippen LogP contribution is -2.43. The van der Waals surface area contributed by atoms with Gasteiger partial charge >= 0.3 is 6.03 Å². The van der Waals surface area contributed by atoms with Crippen LogP contribution in [-0.4, -0.2) is 85.9 Å². The van der Waals surface area contributed by atoms with Crippen LogP contribution in [0.4, 0.5) is 27.7 Å². The molecule has 2 aromatic heterocycles. The third kappa shape index (κ3) is 6.97. The number of carbonyl (C=O) groups is 2. The number of ether oxygens (including phenoxy) is 1. The molecule has 2 fully saturated rings. The second-order valence-corrected chi connectivity index (χ2v) is 11.8. The van der Waals surface area contributed by atoms with E-state index in [-0.39, 0.29) is 11.9 Å². The second kappa shape index (κ2) is 14.1. The van der Waals surface area contributed by atoms with Crippen LogP contribution in [-0.2, 0) is 4.74 Å². The average Bonchev–Trinajstić information content (AvgIpc) is 3.77. The highest BCUT2D eigenvalue weighted by molar-refractivity contribution is 6.04. The predicted molar refractivity (Wildman–Crippen MR) is 180 cm³/mol. The van der Waals surface area contributed by atoms with Crippen LogP contribution in [0.2, 0.25) is 0 Å². The molecule has 10 heteroatoms. The van der Waals surface area contributed by atoms with Gasteiger partial charge in [0.2, 0.25) is 0 Å². The highest BCUT2D eigenvalue weighted by Gasteiger charge is 2.26. The number of amides is 2. The second-order valence-electron chi connectivity index (χ2n) is 11.8. The first-order valence-corrected chi connectivity index (χ1v) is 16.0. The number of fused-ring (bicyclic) bond motifs is 1. The van der Waals surface area contributed by atoms with Crippen LogP contribution >= 0.6 is 0 Å². The standard InChI is InChI=1S/C35H43N7O3/c1-36-35(44)42-22-13-27-24-30(10-11-32(27)42)41(19-5-23-45-2)31-12-16-37-33(25-31)38-34(43)26-6-8-28(9-7-26)40-20-14-29(15-21-40)39-17-3-4-18-39/h6-13,16,22,24-25,29H,3-5,14-15,17-21,23H2,1-2H3,(H,36,44)(H,37,38,43). The summed E-state index contributed by atoms with van der Waals surface area (Å²) < 4.78 is 6.92. The molecule has 2 aliphatic rings. The van der Waals surface area contributed by atoms with E-state index in [0.29, 0.717) is 30.6 Å². The van der Waals surface area contributed by atoms with Gasteiger partial charge in [0.25, 0.3) is 5.91 Å². The van der Waals surface area contributed by atoms with Crippen molar-refractivity contribution in [1.82, 2.24) is 19.8 Å². The zero-order valence-corrected chi connectivity index (χ0v) is 26.2. The van der Waals surface area contributed by atoms with Gasteiger partial charge in [0.05, 0.1) is 5.52 Å². The van der Waals surface area contributed by atoms with Crippen molar-refractivity contribution in [3.63, 3.8) is 0 Å². The number of aromatic nitrogens is 2. The topological polar surface area (TPSA) is 95.0 Å². The quantitative estimate of drug-likeness (QED) is 0.222. The summed E-state index contributed by atoms with van der Waals surface area (Å²) >= 11 is 0. The van der Waals surface area contributed by atoms with E-state index < -0.39 is 0 Å². The van der Waals surface area contributed by atoms with Crippen molar-refractivity contribution in [2.45, 2.75) is 38.1 Å². The molecule has 2 amide bonds. The molecule has 2 N–H and O–H groups in total. The fourth-order valence-electron chi connectivity index (χ4n) is 6.63. The first kappa shape index (κ1) is 30.6. The summed E-state index contributed by atoms with van der Waals surface area (Å²) in [7, 11) is 3.32. The molecule has 0 radical (unpaired) electrons. The molecule has 10 nitrogen and oxygen atoms in total. The van der Waals surface area contributed by atoms with Crippen LogP contribution in [0.25, 0.3) is 10.9 Å². The Morgan fingerprint density at radius 3 is 2.44 bits per heavy atom. The predicted octanol–water partition coefficient (Wildman–Crippen LogP) is 5.72. The number of benzene rings is 2. The molecule has 4 heterocycles. The molecular weight excluding hydrogens is 566 g/mol. The Bertz CT molecular complexity index is 1610. The maximum absolute atomic E-state index is 13.2. The number of nitrogens with one attached hydrogen (secondary N) is 2. The third-order valence-electron chi connectivity index (χ3n) is 9.06. The molecule has 2 aromatic carbocycles. The van der Waals surface area contributed by atoms with Crippen molar-refractivity contribution in [3.8, 4) is 0 Å². The molecule has 0 aliphatic carbocycles. The van der Waals surface area contributed by atoms with Crippen molar-refractivity contribution in [2.24, 2.45) is 0 Å². The minimum atomic E-state index is -0.193. The van der Waals surface area contributed by atoms with E-state index in [2.05, 4.69) is 48.5 Å². The lowest BCUT2D eigenvalue weighted by molar-refractivity contribution is 0.102. The van der Waals surface area contributed by atoms with Gasteiger partial charge in [-0.15, -0.1) is 0 Å². The van der Waals surface area contributed by atoms with Crippen molar-refractivity contribution >= 4 is 45.7 Å². The Morgan fingerprint density at radius 1 is 0.956 bits per heavy atom. The van der Waals surface area contributed by atoms with Crippen LogP contribution in [0.15, 0.2) is 73.1 Å². The normalized spacial score (nSPS) is 15.8. The lowest BCUT2D eigenvalue weighted by Gasteiger charge is -2.37. The number of nitrogens with zero attached hydrogens (tertiary/aromatic N) is 5. The number of hydrogen-bond donors (Lipinski definition) is 2. The van der Waals surface area contributed by atoms with Gasteiger partial charge in [0.1, 0.15) is 5.82 Å². The Labute approximate surface area is 265 Å². The third-order valence-corrected chi connectivity index (χ3v) is 9.06. The minimum absolute atomic E-state index is 0.184. The molecule has 0 spiro atoms. The number of piperidine rings is 1. The minimum Gasteiger partial charge on any atom is -0.385 e. The fourth-order valence-corrected chi connectivity index (χ4v) is 6.63. The highest BCUT2D eigenvalue weighted by atomic mass is 16.5. The smallest absolute Gasteiger partial charge is 0.325 e. The fraction of sp³-hybridized carbons (Fsp3) is 0.400. The van der Waals surface area contributed by atoms with Gasteiger partial charge < -0.3 is 30.1 Å². The van der Waals surface area contributed by atoms with E-state index in [0.717, 1.165) is 41.8 Å². The van der Waals surface area contributed by atoms with E-state index in [9.17, 15) is 9.59 Å². The molecule has 0 bridgehead atoms. The highest BCUT2D eigenvalue weighted by Crippen LogP contribution is 2.31. The van der Waals surface area contributed by atoms with Gasteiger partial charge in [-0.25, -0.2) is 9.78 Å². The van der Waals surface area contributed by atoms with E-state index in [1.165, 1.54) is 44.5 Å². The number of rotatable bonds is 10. The summed E-state index contributed by atoms with van der Waals surface area (Å²) in [5.41, 5.74) is 4.46. The number of anilines is 4. The zero-order chi connectivity index (χ0) is 31.2. The summed E-state index contributed by atoms with van der Waals surface area (Å²) in [5, 5.41) is 6.62. The number of methoxy groups -OCH3 is 1. The van der Waals surface area contributed by atoms with Crippen LogP contribution < -0.4 is 20.4 Å². The lowest BCUT2D eigenvalue weighted by atomic mass is 10.0. The van der Waals surface area contributed by atoms with E-state index in [4.69, 9.17) is 4.74 Å². The molecule has 236 valence electrons. The number of likely N-dealkylation sites (tertiary alicyclic amines) is 1. The molecule has 2 aliphatic heterocycles. The Balaban J connectivity index is 1.14. The molecular formula is C35H43N7O3. The number of hydrogen-bond acceptors (Lipinski definition) is 7. The number of carbonyl (C=O) groups excluding carboxylic acids is 2. The molecule has 0 atom stereocenters. The Kier molecular flexibility index (Phi) is 9.61. The summed E-state index contributed by atoms with van der Waals surface area (Å²) in [4.78, 5) is 37.2. The zero-order valence-electron chi connectivity index (χ0n) is 26.2. The summed E-state index contributed by atoms with van der Waals surface area (Å²) in [6.45, 7) is 5.93. The van der Waals surface area contributed by atoms with Gasteiger partial charge in [0.15, 0.2) is 0 Å². The van der Waals surface area contributed by atoms with Crippen molar-refractivity contribution in [1.29, 1.82) is 0 Å². The molecule has 0 saturated carbocycles. The summed E-state index contributed by atoms with van der Waals surface area (Å²) in [6.07, 6.45) is 9.36. The maximum Gasteiger partial charge on any atom is 0.325 e. The Morgan fingerprint density at radius 2 is 1.71 bits per heavy atom. The van der Waals surface area contributed by atoms with Crippen LogP contribution in [0.1, 0.15) is 42.5 Å². The average molecular weight is 610 g/mol. The van der Waals surface area contributed by atoms with Crippen molar-refractivity contribution < 1.29 is 14.3 Å². The summed E-state index contributed by atoms with van der Waals surface area (Å²) in [5.74, 6) is 0.288. The van der Waals surface area contributed by atoms with Crippen molar-refractivity contribution in [2.75, 3.05) is 68.6 Å². The molecule has 2 saturated heterocycles. The first-order valence-electron chi connectivity index (χ1n) is 16.0. The number of pyridine rings is 1. The largest absolute Gasteiger partial charge is 0.385 e. The maximum atomic E-state index is 13.2. The van der Waals surface area contributed by atoms with Gasteiger partial charge in [-0.1, -0.05) is 0 Å². The monoisotopic (exact) mass is 609 g/mol. The molecule has 6 rings (SSSR count). The Hall–Kier alpha value is -4.41. The van der Waals surface area contributed by atoms with Gasteiger partial charge in [-0.05, 0) is 99.8 Å². The van der Waals surface area contributed by atoms with Crippen LogP contribution in [0.3, 0.4) is 0 Å². The van der Waals surface area contributed by atoms with Gasteiger partial charge in [-0.2, -0.15) is 0 Å². The van der Waals surface area contributed by atoms with E-state index >= 15 is 0 Å². The van der Waals surface area contributed by atoms with Crippen LogP contribution in [0, 0.1) is 0 Å². The SMILES string of the molecule is CNC(=O)n1ccc2cc(N(CCCOC)c3ccnc(NC(=O)c4ccc(N5CCC(N6CCCC6)CC5)cc4)c3)ccc21.